The van der Waals surface area contributed by atoms with Gasteiger partial charge in [0.1, 0.15) is 5.75 Å². The molecule has 100 valence electrons. The van der Waals surface area contributed by atoms with E-state index < -0.39 is 6.04 Å². The van der Waals surface area contributed by atoms with Crippen molar-refractivity contribution in [2.24, 2.45) is 5.73 Å². The molecule has 0 spiro atoms. The van der Waals surface area contributed by atoms with Gasteiger partial charge in [0, 0.05) is 11.3 Å². The highest BCUT2D eigenvalue weighted by Crippen LogP contribution is 2.23. The minimum absolute atomic E-state index is 0.140. The van der Waals surface area contributed by atoms with E-state index in [1.165, 1.54) is 0 Å². The second-order valence-corrected chi connectivity index (χ2v) is 3.92. The Balaban J connectivity index is 2.82. The molecule has 0 bridgehead atoms. The predicted octanol–water partition coefficient (Wildman–Crippen LogP) is 1.25. The smallest absolute Gasteiger partial charge is 0.241 e. The van der Waals surface area contributed by atoms with Crippen molar-refractivity contribution in [2.75, 3.05) is 11.9 Å². The van der Waals surface area contributed by atoms with Gasteiger partial charge in [-0.1, -0.05) is 6.92 Å². The number of amides is 1. The summed E-state index contributed by atoms with van der Waals surface area (Å²) < 4.78 is 5.36. The lowest BCUT2D eigenvalue weighted by Crippen LogP contribution is -2.34. The minimum Gasteiger partial charge on any atom is -0.494 e. The van der Waals surface area contributed by atoms with Crippen LogP contribution < -0.4 is 15.8 Å². The molecule has 18 heavy (non-hydrogen) atoms. The van der Waals surface area contributed by atoms with E-state index >= 15 is 0 Å². The van der Waals surface area contributed by atoms with Crippen molar-refractivity contribution < 1.29 is 14.6 Å². The van der Waals surface area contributed by atoms with Crippen molar-refractivity contribution in [3.63, 3.8) is 0 Å². The highest BCUT2D eigenvalue weighted by molar-refractivity contribution is 5.94. The molecule has 1 aromatic carbocycles. The monoisotopic (exact) mass is 252 g/mol. The number of ether oxygens (including phenoxy) is 1. The molecule has 0 aliphatic carbocycles. The quantitative estimate of drug-likeness (QED) is 0.711. The van der Waals surface area contributed by atoms with Gasteiger partial charge in [0.2, 0.25) is 5.91 Å². The van der Waals surface area contributed by atoms with Crippen molar-refractivity contribution in [2.45, 2.75) is 32.9 Å². The van der Waals surface area contributed by atoms with Crippen molar-refractivity contribution >= 4 is 11.6 Å². The van der Waals surface area contributed by atoms with Gasteiger partial charge in [0.05, 0.1) is 19.3 Å². The molecule has 0 aliphatic heterocycles. The van der Waals surface area contributed by atoms with Crippen LogP contribution in [0.2, 0.25) is 0 Å². The Morgan fingerprint density at radius 3 is 2.78 bits per heavy atom. The molecule has 0 radical (unpaired) electrons. The maximum Gasteiger partial charge on any atom is 0.241 e. The van der Waals surface area contributed by atoms with E-state index in [1.54, 1.807) is 18.2 Å². The van der Waals surface area contributed by atoms with Crippen molar-refractivity contribution in [3.05, 3.63) is 23.8 Å². The molecule has 1 amide bonds. The zero-order chi connectivity index (χ0) is 13.5. The highest BCUT2D eigenvalue weighted by atomic mass is 16.5. The van der Waals surface area contributed by atoms with Crippen molar-refractivity contribution in [1.29, 1.82) is 0 Å². The number of hydrogen-bond donors (Lipinski definition) is 3. The van der Waals surface area contributed by atoms with Crippen LogP contribution in [0, 0.1) is 0 Å². The van der Waals surface area contributed by atoms with Gasteiger partial charge >= 0.3 is 0 Å². The normalized spacial score (nSPS) is 12.0. The Kier molecular flexibility index (Phi) is 5.61. The molecule has 5 nitrogen and oxygen atoms in total. The zero-order valence-corrected chi connectivity index (χ0v) is 10.8. The van der Waals surface area contributed by atoms with Gasteiger partial charge in [0.15, 0.2) is 0 Å². The predicted molar refractivity (Wildman–Crippen MR) is 70.4 cm³/mol. The van der Waals surface area contributed by atoms with E-state index in [-0.39, 0.29) is 12.5 Å². The lowest BCUT2D eigenvalue weighted by molar-refractivity contribution is -0.117. The SMILES string of the molecule is CCOc1ccc(NC(=O)[C@@H](N)CC)cc1CO. The number of nitrogens with two attached hydrogens (primary N) is 1. The molecule has 1 rings (SSSR count). The van der Waals surface area contributed by atoms with Crippen LogP contribution in [0.3, 0.4) is 0 Å². The first kappa shape index (κ1) is 14.5. The second-order valence-electron chi connectivity index (χ2n) is 3.92. The molecule has 1 atom stereocenters. The Bertz CT molecular complexity index is 407. The summed E-state index contributed by atoms with van der Waals surface area (Å²) in [6.45, 7) is 4.11. The average molecular weight is 252 g/mol. The van der Waals surface area contributed by atoms with Crippen LogP contribution in [0.4, 0.5) is 5.69 Å². The summed E-state index contributed by atoms with van der Waals surface area (Å²) >= 11 is 0. The maximum absolute atomic E-state index is 11.6. The van der Waals surface area contributed by atoms with Crippen molar-refractivity contribution in [1.82, 2.24) is 0 Å². The van der Waals surface area contributed by atoms with Crippen LogP contribution in [-0.2, 0) is 11.4 Å². The van der Waals surface area contributed by atoms with E-state index in [4.69, 9.17) is 10.5 Å². The topological polar surface area (TPSA) is 84.6 Å². The van der Waals surface area contributed by atoms with E-state index in [2.05, 4.69) is 5.32 Å². The number of rotatable bonds is 6. The molecule has 1 aromatic rings. The molecular weight excluding hydrogens is 232 g/mol. The summed E-state index contributed by atoms with van der Waals surface area (Å²) in [5.41, 5.74) is 6.87. The van der Waals surface area contributed by atoms with Crippen LogP contribution in [0.25, 0.3) is 0 Å². The number of carbonyl (C=O) groups excluding carboxylic acids is 1. The number of aliphatic hydroxyl groups excluding tert-OH is 1. The first-order valence-electron chi connectivity index (χ1n) is 6.05. The minimum atomic E-state index is -0.519. The lowest BCUT2D eigenvalue weighted by atomic mass is 10.1. The largest absolute Gasteiger partial charge is 0.494 e. The summed E-state index contributed by atoms with van der Waals surface area (Å²) in [6, 6.07) is 4.62. The summed E-state index contributed by atoms with van der Waals surface area (Å²) in [4.78, 5) is 11.6. The van der Waals surface area contributed by atoms with E-state index in [9.17, 15) is 9.90 Å². The number of hydrogen-bond acceptors (Lipinski definition) is 4. The molecule has 0 aliphatic rings. The molecule has 4 N–H and O–H groups in total. The molecule has 0 saturated carbocycles. The number of anilines is 1. The number of benzene rings is 1. The van der Waals surface area contributed by atoms with Gasteiger partial charge in [-0.05, 0) is 31.5 Å². The molecule has 0 fully saturated rings. The van der Waals surface area contributed by atoms with E-state index in [1.807, 2.05) is 13.8 Å². The zero-order valence-electron chi connectivity index (χ0n) is 10.8. The molecule has 0 saturated heterocycles. The fourth-order valence-electron chi connectivity index (χ4n) is 1.50. The van der Waals surface area contributed by atoms with Crippen LogP contribution in [-0.4, -0.2) is 23.7 Å². The molecule has 0 heterocycles. The van der Waals surface area contributed by atoms with Gasteiger partial charge in [-0.3, -0.25) is 4.79 Å². The number of carbonyl (C=O) groups is 1. The third kappa shape index (κ3) is 3.72. The Morgan fingerprint density at radius 1 is 1.50 bits per heavy atom. The van der Waals surface area contributed by atoms with E-state index in [0.717, 1.165) is 0 Å². The third-order valence-electron chi connectivity index (χ3n) is 2.57. The molecule has 0 aromatic heterocycles. The second kappa shape index (κ2) is 6.98. The molecule has 0 unspecified atom stereocenters. The van der Waals surface area contributed by atoms with Gasteiger partial charge in [-0.15, -0.1) is 0 Å². The Hall–Kier alpha value is -1.59. The lowest BCUT2D eigenvalue weighted by Gasteiger charge is -2.13. The maximum atomic E-state index is 11.6. The summed E-state index contributed by atoms with van der Waals surface area (Å²) in [5.74, 6) is 0.392. The molecule has 5 heteroatoms. The summed E-state index contributed by atoms with van der Waals surface area (Å²) in [7, 11) is 0. The highest BCUT2D eigenvalue weighted by Gasteiger charge is 2.12. The van der Waals surface area contributed by atoms with Crippen LogP contribution in [0.1, 0.15) is 25.8 Å². The van der Waals surface area contributed by atoms with Crippen molar-refractivity contribution in [3.8, 4) is 5.75 Å². The fourth-order valence-corrected chi connectivity index (χ4v) is 1.50. The first-order valence-corrected chi connectivity index (χ1v) is 6.05. The average Bonchev–Trinajstić information content (AvgIpc) is 2.39. The van der Waals surface area contributed by atoms with Gasteiger partial charge < -0.3 is 20.9 Å². The summed E-state index contributed by atoms with van der Waals surface area (Å²) in [6.07, 6.45) is 0.579. The van der Waals surface area contributed by atoms with Gasteiger partial charge in [-0.2, -0.15) is 0 Å². The fraction of sp³-hybridized carbons (Fsp3) is 0.462. The van der Waals surface area contributed by atoms with Crippen LogP contribution in [0.5, 0.6) is 5.75 Å². The van der Waals surface area contributed by atoms with E-state index in [0.29, 0.717) is 30.0 Å². The Labute approximate surface area is 107 Å². The Morgan fingerprint density at radius 2 is 2.22 bits per heavy atom. The van der Waals surface area contributed by atoms with Gasteiger partial charge in [-0.25, -0.2) is 0 Å². The first-order chi connectivity index (χ1) is 8.62. The number of nitrogens with one attached hydrogen (secondary N) is 1. The summed E-state index contributed by atoms with van der Waals surface area (Å²) in [5, 5.41) is 11.9. The van der Waals surface area contributed by atoms with Crippen LogP contribution in [0.15, 0.2) is 18.2 Å². The number of aliphatic hydroxyl groups is 1. The van der Waals surface area contributed by atoms with Crippen LogP contribution >= 0.6 is 0 Å². The third-order valence-corrected chi connectivity index (χ3v) is 2.57. The van der Waals surface area contributed by atoms with Gasteiger partial charge in [0.25, 0.3) is 0 Å². The molecular formula is C13H20N2O3. The standard InChI is InChI=1S/C13H20N2O3/c1-3-11(14)13(17)15-10-5-6-12(18-4-2)9(7-10)8-16/h5-7,11,16H,3-4,8,14H2,1-2H3,(H,15,17)/t11-/m0/s1.